The number of nitrogens with one attached hydrogen (secondary N) is 1. The average Bonchev–Trinajstić information content (AvgIpc) is 3.02. The van der Waals surface area contributed by atoms with Crippen molar-refractivity contribution in [1.82, 2.24) is 5.32 Å². The van der Waals surface area contributed by atoms with E-state index in [9.17, 15) is 13.6 Å². The Bertz CT molecular complexity index is 547. The number of fused-ring (bicyclic) bond motifs is 2. The number of anilines is 1. The number of carbonyl (C=O) groups excluding carboxylic acids is 1. The molecule has 3 atom stereocenters. The van der Waals surface area contributed by atoms with Gasteiger partial charge in [0.05, 0.1) is 5.56 Å². The minimum absolute atomic E-state index is 0.00653. The fraction of sp³-hybridized carbons (Fsp3) is 0.533. The summed E-state index contributed by atoms with van der Waals surface area (Å²) >= 11 is 0. The number of nitrogen functional groups attached to an aromatic ring is 1. The number of amides is 1. The molecule has 3 N–H and O–H groups in total. The second-order valence-electron chi connectivity index (χ2n) is 6.00. The molecule has 20 heavy (non-hydrogen) atoms. The van der Waals surface area contributed by atoms with Crippen molar-refractivity contribution in [2.75, 3.05) is 12.3 Å². The van der Waals surface area contributed by atoms with Crippen LogP contribution in [0.3, 0.4) is 0 Å². The van der Waals surface area contributed by atoms with Gasteiger partial charge < -0.3 is 11.1 Å². The molecule has 5 heteroatoms. The molecule has 3 nitrogen and oxygen atoms in total. The predicted molar refractivity (Wildman–Crippen MR) is 72.0 cm³/mol. The molecular weight excluding hydrogens is 262 g/mol. The zero-order valence-electron chi connectivity index (χ0n) is 11.2. The molecule has 0 aliphatic heterocycles. The number of carbonyl (C=O) groups is 1. The quantitative estimate of drug-likeness (QED) is 0.836. The van der Waals surface area contributed by atoms with E-state index in [1.807, 2.05) is 0 Å². The van der Waals surface area contributed by atoms with Gasteiger partial charge in [0.15, 0.2) is 11.6 Å². The Morgan fingerprint density at radius 3 is 2.65 bits per heavy atom. The first-order chi connectivity index (χ1) is 9.54. The van der Waals surface area contributed by atoms with Crippen LogP contribution >= 0.6 is 0 Å². The van der Waals surface area contributed by atoms with Gasteiger partial charge in [0.2, 0.25) is 0 Å². The minimum atomic E-state index is -1.05. The van der Waals surface area contributed by atoms with E-state index < -0.39 is 17.5 Å². The van der Waals surface area contributed by atoms with Crippen LogP contribution in [0.5, 0.6) is 0 Å². The largest absolute Gasteiger partial charge is 0.398 e. The Kier molecular flexibility index (Phi) is 3.36. The average molecular weight is 280 g/mol. The normalized spacial score (nSPS) is 27.8. The monoisotopic (exact) mass is 280 g/mol. The molecule has 0 spiro atoms. The highest BCUT2D eigenvalue weighted by atomic mass is 19.2. The Morgan fingerprint density at radius 2 is 2.00 bits per heavy atom. The van der Waals surface area contributed by atoms with Crippen LogP contribution in [0.15, 0.2) is 12.1 Å². The van der Waals surface area contributed by atoms with E-state index in [0.717, 1.165) is 24.5 Å². The molecule has 1 aromatic rings. The third kappa shape index (κ3) is 2.37. The first-order valence-electron chi connectivity index (χ1n) is 7.07. The summed E-state index contributed by atoms with van der Waals surface area (Å²) in [5.74, 6) is -0.470. The zero-order chi connectivity index (χ0) is 14.3. The predicted octanol–water partition coefficient (Wildman–Crippen LogP) is 2.71. The molecule has 1 amide bonds. The molecule has 1 aromatic carbocycles. The molecule has 0 radical (unpaired) electrons. The summed E-state index contributed by atoms with van der Waals surface area (Å²) in [6.07, 6.45) is 5.00. The maximum Gasteiger partial charge on any atom is 0.253 e. The van der Waals surface area contributed by atoms with E-state index in [1.165, 1.54) is 19.3 Å². The Balaban J connectivity index is 1.63. The first-order valence-corrected chi connectivity index (χ1v) is 7.07. The maximum absolute atomic E-state index is 13.2. The smallest absolute Gasteiger partial charge is 0.253 e. The van der Waals surface area contributed by atoms with Crippen molar-refractivity contribution in [1.29, 1.82) is 0 Å². The lowest BCUT2D eigenvalue weighted by atomic mass is 9.89. The molecule has 3 unspecified atom stereocenters. The van der Waals surface area contributed by atoms with Gasteiger partial charge >= 0.3 is 0 Å². The van der Waals surface area contributed by atoms with Crippen LogP contribution in [0.4, 0.5) is 14.5 Å². The zero-order valence-corrected chi connectivity index (χ0v) is 11.2. The number of rotatable bonds is 3. The highest BCUT2D eigenvalue weighted by Crippen LogP contribution is 2.47. The van der Waals surface area contributed by atoms with Gasteiger partial charge in [-0.2, -0.15) is 0 Å². The Hall–Kier alpha value is -1.65. The summed E-state index contributed by atoms with van der Waals surface area (Å²) in [6, 6.07) is 1.71. The second-order valence-corrected chi connectivity index (χ2v) is 6.00. The topological polar surface area (TPSA) is 55.1 Å². The molecule has 0 heterocycles. The minimum Gasteiger partial charge on any atom is -0.398 e. The van der Waals surface area contributed by atoms with E-state index >= 15 is 0 Å². The van der Waals surface area contributed by atoms with Gasteiger partial charge in [-0.15, -0.1) is 0 Å². The van der Waals surface area contributed by atoms with Crippen molar-refractivity contribution in [2.45, 2.75) is 25.7 Å². The molecule has 2 bridgehead atoms. The Labute approximate surface area is 116 Å². The van der Waals surface area contributed by atoms with Crippen molar-refractivity contribution in [2.24, 2.45) is 17.8 Å². The number of hydrogen-bond acceptors (Lipinski definition) is 2. The SMILES string of the molecule is Nc1cc(F)c(F)cc1C(=O)NCC1CC2CCC1C2. The van der Waals surface area contributed by atoms with E-state index in [-0.39, 0.29) is 11.3 Å². The van der Waals surface area contributed by atoms with Gasteiger partial charge in [-0.25, -0.2) is 8.78 Å². The van der Waals surface area contributed by atoms with Crippen LogP contribution in [-0.4, -0.2) is 12.5 Å². The van der Waals surface area contributed by atoms with Crippen LogP contribution in [0, 0.1) is 29.4 Å². The van der Waals surface area contributed by atoms with Crippen molar-refractivity contribution in [3.05, 3.63) is 29.3 Å². The van der Waals surface area contributed by atoms with Crippen LogP contribution in [0.25, 0.3) is 0 Å². The highest BCUT2D eigenvalue weighted by Gasteiger charge is 2.39. The van der Waals surface area contributed by atoms with Gasteiger partial charge in [0.25, 0.3) is 5.91 Å². The van der Waals surface area contributed by atoms with Gasteiger partial charge in [0, 0.05) is 18.3 Å². The van der Waals surface area contributed by atoms with Crippen LogP contribution in [0.1, 0.15) is 36.0 Å². The number of benzene rings is 1. The number of hydrogen-bond donors (Lipinski definition) is 2. The van der Waals surface area contributed by atoms with Crippen LogP contribution in [0.2, 0.25) is 0 Å². The van der Waals surface area contributed by atoms with Crippen molar-refractivity contribution < 1.29 is 13.6 Å². The van der Waals surface area contributed by atoms with Gasteiger partial charge in [-0.3, -0.25) is 4.79 Å². The lowest BCUT2D eigenvalue weighted by molar-refractivity contribution is 0.0942. The van der Waals surface area contributed by atoms with Crippen molar-refractivity contribution in [3.8, 4) is 0 Å². The Morgan fingerprint density at radius 1 is 1.25 bits per heavy atom. The summed E-state index contributed by atoms with van der Waals surface area (Å²) in [7, 11) is 0. The van der Waals surface area contributed by atoms with Crippen LogP contribution < -0.4 is 11.1 Å². The molecule has 0 saturated heterocycles. The molecule has 108 valence electrons. The summed E-state index contributed by atoms with van der Waals surface area (Å²) in [6.45, 7) is 0.596. The number of nitrogens with two attached hydrogens (primary N) is 1. The van der Waals surface area contributed by atoms with E-state index in [1.54, 1.807) is 0 Å². The first kappa shape index (κ1) is 13.3. The summed E-state index contributed by atoms with van der Waals surface area (Å²) in [5.41, 5.74) is 5.54. The molecule has 0 aromatic heterocycles. The van der Waals surface area contributed by atoms with Crippen molar-refractivity contribution in [3.63, 3.8) is 0 Å². The lowest BCUT2D eigenvalue weighted by Gasteiger charge is -2.22. The molecule has 2 saturated carbocycles. The van der Waals surface area contributed by atoms with E-state index in [2.05, 4.69) is 5.32 Å². The molecule has 2 fully saturated rings. The highest BCUT2D eigenvalue weighted by molar-refractivity contribution is 5.99. The lowest BCUT2D eigenvalue weighted by Crippen LogP contribution is -2.32. The molecule has 3 rings (SSSR count). The van der Waals surface area contributed by atoms with Crippen molar-refractivity contribution >= 4 is 11.6 Å². The fourth-order valence-corrected chi connectivity index (χ4v) is 3.70. The number of halogens is 2. The summed E-state index contributed by atoms with van der Waals surface area (Å²) < 4.78 is 26.1. The van der Waals surface area contributed by atoms with Crippen LogP contribution in [-0.2, 0) is 0 Å². The standard InChI is InChI=1S/C15H18F2N2O/c16-12-5-11(14(18)6-13(12)17)15(20)19-7-10-4-8-1-2-9(10)3-8/h5-6,8-10H,1-4,7,18H2,(H,19,20). The van der Waals surface area contributed by atoms with E-state index in [0.29, 0.717) is 18.4 Å². The third-order valence-corrected chi connectivity index (χ3v) is 4.75. The maximum atomic E-state index is 13.2. The second kappa shape index (κ2) is 5.04. The summed E-state index contributed by atoms with van der Waals surface area (Å²) in [5, 5.41) is 2.81. The van der Waals surface area contributed by atoms with Gasteiger partial charge in [0.1, 0.15) is 0 Å². The van der Waals surface area contributed by atoms with Gasteiger partial charge in [-0.1, -0.05) is 6.42 Å². The van der Waals surface area contributed by atoms with E-state index in [4.69, 9.17) is 5.73 Å². The third-order valence-electron chi connectivity index (χ3n) is 4.75. The molecule has 2 aliphatic rings. The fourth-order valence-electron chi connectivity index (χ4n) is 3.70. The summed E-state index contributed by atoms with van der Waals surface area (Å²) in [4.78, 5) is 12.0. The molecule has 2 aliphatic carbocycles. The van der Waals surface area contributed by atoms with Gasteiger partial charge in [-0.05, 0) is 43.1 Å². The molecular formula is C15H18F2N2O.